The number of nitrogens with zero attached hydrogens (tertiary/aromatic N) is 2. The van der Waals surface area contributed by atoms with Crippen molar-refractivity contribution in [3.05, 3.63) is 38.5 Å². The molecule has 2 rings (SSSR count). The van der Waals surface area contributed by atoms with Crippen LogP contribution in [-0.2, 0) is 6.54 Å². The first-order chi connectivity index (χ1) is 7.72. The van der Waals surface area contributed by atoms with E-state index in [1.165, 1.54) is 0 Å². The van der Waals surface area contributed by atoms with Gasteiger partial charge in [-0.1, -0.05) is 13.3 Å². The summed E-state index contributed by atoms with van der Waals surface area (Å²) in [5.41, 5.74) is 0.843. The van der Waals surface area contributed by atoms with Gasteiger partial charge in [-0.15, -0.1) is 0 Å². The van der Waals surface area contributed by atoms with Crippen LogP contribution in [0.1, 0.15) is 19.8 Å². The molecule has 0 aliphatic heterocycles. The average molecular weight is 328 g/mol. The van der Waals surface area contributed by atoms with Gasteiger partial charge in [-0.05, 0) is 47.2 Å². The topological polar surface area (TPSA) is 34.9 Å². The van der Waals surface area contributed by atoms with Gasteiger partial charge in [0.15, 0.2) is 0 Å². The van der Waals surface area contributed by atoms with Gasteiger partial charge >= 0.3 is 0 Å². The van der Waals surface area contributed by atoms with Crippen LogP contribution >= 0.6 is 22.6 Å². The average Bonchev–Trinajstić information content (AvgIpc) is 2.29. The highest BCUT2D eigenvalue weighted by Crippen LogP contribution is 2.11. The summed E-state index contributed by atoms with van der Waals surface area (Å²) < 4.78 is 2.76. The predicted octanol–water partition coefficient (Wildman–Crippen LogP) is 2.80. The number of halogens is 1. The Hall–Kier alpha value is -0.910. The van der Waals surface area contributed by atoms with Gasteiger partial charge in [0.1, 0.15) is 0 Å². The van der Waals surface area contributed by atoms with Gasteiger partial charge < -0.3 is 0 Å². The third-order valence-corrected chi connectivity index (χ3v) is 3.21. The van der Waals surface area contributed by atoms with E-state index in [0.29, 0.717) is 5.39 Å². The standard InChI is InChI=1S/C12H13IN2O/c1-2-3-6-15-8-14-11-5-4-9(13)7-10(11)12(15)16/h4-5,7-8H,2-3,6H2,1H3. The Morgan fingerprint density at radius 1 is 1.44 bits per heavy atom. The summed E-state index contributed by atoms with van der Waals surface area (Å²) in [6, 6.07) is 5.75. The molecule has 0 saturated carbocycles. The molecular formula is C12H13IN2O. The van der Waals surface area contributed by atoms with E-state index >= 15 is 0 Å². The zero-order valence-corrected chi connectivity index (χ0v) is 11.3. The van der Waals surface area contributed by atoms with Gasteiger partial charge in [-0.25, -0.2) is 4.98 Å². The molecule has 84 valence electrons. The molecule has 4 heteroatoms. The second-order valence-electron chi connectivity index (χ2n) is 3.76. The molecule has 0 bridgehead atoms. The predicted molar refractivity (Wildman–Crippen MR) is 73.6 cm³/mol. The summed E-state index contributed by atoms with van der Waals surface area (Å²) in [5.74, 6) is 0. The molecule has 16 heavy (non-hydrogen) atoms. The van der Waals surface area contributed by atoms with E-state index < -0.39 is 0 Å². The lowest BCUT2D eigenvalue weighted by molar-refractivity contribution is 0.608. The summed E-state index contributed by atoms with van der Waals surface area (Å²) in [7, 11) is 0. The summed E-state index contributed by atoms with van der Waals surface area (Å²) >= 11 is 2.21. The van der Waals surface area contributed by atoms with Crippen LogP contribution in [0.15, 0.2) is 29.3 Å². The van der Waals surface area contributed by atoms with Gasteiger partial charge in [-0.3, -0.25) is 9.36 Å². The first kappa shape index (κ1) is 11.6. The number of benzene rings is 1. The van der Waals surface area contributed by atoms with Crippen molar-refractivity contribution in [2.75, 3.05) is 0 Å². The van der Waals surface area contributed by atoms with Crippen LogP contribution in [0, 0.1) is 3.57 Å². The van der Waals surface area contributed by atoms with Crippen molar-refractivity contribution in [3.8, 4) is 0 Å². The SMILES string of the molecule is CCCCn1cnc2ccc(I)cc2c1=O. The summed E-state index contributed by atoms with van der Waals surface area (Å²) in [6.07, 6.45) is 3.74. The molecule has 2 aromatic rings. The Bertz CT molecular complexity index is 562. The molecule has 1 aromatic carbocycles. The van der Waals surface area contributed by atoms with Crippen LogP contribution in [0.4, 0.5) is 0 Å². The fourth-order valence-corrected chi connectivity index (χ4v) is 2.11. The molecule has 1 aromatic heterocycles. The van der Waals surface area contributed by atoms with Crippen LogP contribution in [-0.4, -0.2) is 9.55 Å². The van der Waals surface area contributed by atoms with E-state index in [-0.39, 0.29) is 5.56 Å². The fourth-order valence-electron chi connectivity index (χ4n) is 1.62. The Morgan fingerprint density at radius 2 is 2.25 bits per heavy atom. The summed E-state index contributed by atoms with van der Waals surface area (Å²) in [6.45, 7) is 2.87. The van der Waals surface area contributed by atoms with E-state index in [1.807, 2.05) is 18.2 Å². The third-order valence-electron chi connectivity index (χ3n) is 2.54. The van der Waals surface area contributed by atoms with E-state index in [4.69, 9.17) is 0 Å². The molecule has 3 nitrogen and oxygen atoms in total. The minimum atomic E-state index is 0.0666. The summed E-state index contributed by atoms with van der Waals surface area (Å²) in [5, 5.41) is 0.713. The maximum absolute atomic E-state index is 12.1. The van der Waals surface area contributed by atoms with Gasteiger partial charge in [0.2, 0.25) is 0 Å². The molecule has 0 amide bonds. The van der Waals surface area contributed by atoms with Gasteiger partial charge in [0.25, 0.3) is 5.56 Å². The number of fused-ring (bicyclic) bond motifs is 1. The number of hydrogen-bond donors (Lipinski definition) is 0. The van der Waals surface area contributed by atoms with E-state index in [0.717, 1.165) is 28.5 Å². The minimum Gasteiger partial charge on any atom is -0.299 e. The van der Waals surface area contributed by atoms with Crippen molar-refractivity contribution in [1.29, 1.82) is 0 Å². The van der Waals surface area contributed by atoms with Crippen LogP contribution in [0.25, 0.3) is 10.9 Å². The van der Waals surface area contributed by atoms with Crippen molar-refractivity contribution in [2.24, 2.45) is 0 Å². The second kappa shape index (κ2) is 4.95. The van der Waals surface area contributed by atoms with Crippen molar-refractivity contribution in [2.45, 2.75) is 26.3 Å². The fraction of sp³-hybridized carbons (Fsp3) is 0.333. The quantitative estimate of drug-likeness (QED) is 0.812. The van der Waals surface area contributed by atoms with Gasteiger partial charge in [-0.2, -0.15) is 0 Å². The van der Waals surface area contributed by atoms with Crippen molar-refractivity contribution >= 4 is 33.5 Å². The lowest BCUT2D eigenvalue weighted by Crippen LogP contribution is -2.20. The molecule has 0 unspecified atom stereocenters. The van der Waals surface area contributed by atoms with E-state index in [2.05, 4.69) is 34.5 Å². The Kier molecular flexibility index (Phi) is 3.58. The Balaban J connectivity index is 2.55. The zero-order valence-electron chi connectivity index (χ0n) is 9.11. The number of rotatable bonds is 3. The summed E-state index contributed by atoms with van der Waals surface area (Å²) in [4.78, 5) is 16.4. The molecule has 0 fully saturated rings. The Labute approximate surface area is 108 Å². The second-order valence-corrected chi connectivity index (χ2v) is 5.00. The van der Waals surface area contributed by atoms with E-state index in [1.54, 1.807) is 10.9 Å². The van der Waals surface area contributed by atoms with Crippen molar-refractivity contribution in [1.82, 2.24) is 9.55 Å². The lowest BCUT2D eigenvalue weighted by Gasteiger charge is -2.05. The molecule has 0 N–H and O–H groups in total. The maximum atomic E-state index is 12.1. The number of aryl methyl sites for hydroxylation is 1. The van der Waals surface area contributed by atoms with Gasteiger partial charge in [0.05, 0.1) is 17.2 Å². The number of hydrogen-bond acceptors (Lipinski definition) is 2. The molecule has 0 spiro atoms. The van der Waals surface area contributed by atoms with Crippen LogP contribution < -0.4 is 5.56 Å². The monoisotopic (exact) mass is 328 g/mol. The largest absolute Gasteiger partial charge is 0.299 e. The molecule has 0 saturated heterocycles. The van der Waals surface area contributed by atoms with Crippen molar-refractivity contribution < 1.29 is 0 Å². The molecule has 1 heterocycles. The van der Waals surface area contributed by atoms with E-state index in [9.17, 15) is 4.79 Å². The zero-order chi connectivity index (χ0) is 11.5. The number of aromatic nitrogens is 2. The van der Waals surface area contributed by atoms with Gasteiger partial charge in [0, 0.05) is 10.1 Å². The molecule has 0 aliphatic rings. The molecule has 0 aliphatic carbocycles. The first-order valence-electron chi connectivity index (χ1n) is 5.37. The maximum Gasteiger partial charge on any atom is 0.261 e. The highest BCUT2D eigenvalue weighted by Gasteiger charge is 2.03. The van der Waals surface area contributed by atoms with Crippen LogP contribution in [0.3, 0.4) is 0 Å². The molecular weight excluding hydrogens is 315 g/mol. The van der Waals surface area contributed by atoms with Crippen molar-refractivity contribution in [3.63, 3.8) is 0 Å². The molecule has 0 atom stereocenters. The highest BCUT2D eigenvalue weighted by molar-refractivity contribution is 14.1. The lowest BCUT2D eigenvalue weighted by atomic mass is 10.2. The third kappa shape index (κ3) is 2.26. The normalized spacial score (nSPS) is 10.9. The smallest absolute Gasteiger partial charge is 0.261 e. The molecule has 0 radical (unpaired) electrons. The van der Waals surface area contributed by atoms with Crippen LogP contribution in [0.2, 0.25) is 0 Å². The Morgan fingerprint density at radius 3 is 3.00 bits per heavy atom. The highest BCUT2D eigenvalue weighted by atomic mass is 127. The van der Waals surface area contributed by atoms with Crippen LogP contribution in [0.5, 0.6) is 0 Å². The minimum absolute atomic E-state index is 0.0666. The number of unbranched alkanes of at least 4 members (excludes halogenated alkanes) is 1. The first-order valence-corrected chi connectivity index (χ1v) is 6.45.